The Labute approximate surface area is 172 Å². The van der Waals surface area contributed by atoms with Crippen LogP contribution in [0.3, 0.4) is 0 Å². The SMILES string of the molecule is Cc1cc(C2CCCC2)cc2c1C1c3cc(I)ccc3OC1C(C(=O)[O-])N2. The molecule has 1 aliphatic carbocycles. The van der Waals surface area contributed by atoms with E-state index >= 15 is 0 Å². The second-order valence-corrected chi connectivity index (χ2v) is 9.21. The van der Waals surface area contributed by atoms with Gasteiger partial charge in [-0.05, 0) is 89.2 Å². The standard InChI is InChI=1S/C22H22INO3/c1-11-8-13(12-4-2-3-5-12)9-16-18(11)19-15-10-14(23)6-7-17(15)27-21(19)20(24-16)22(25)26/h6-10,12,19-21,24H,2-5H2,1H3,(H,25,26)/p-1. The first kappa shape index (κ1) is 17.3. The van der Waals surface area contributed by atoms with E-state index in [0.29, 0.717) is 5.92 Å². The number of ether oxygens (including phenoxy) is 1. The van der Waals surface area contributed by atoms with Crippen molar-refractivity contribution in [2.45, 2.75) is 56.6 Å². The van der Waals surface area contributed by atoms with Crippen LogP contribution >= 0.6 is 22.6 Å². The van der Waals surface area contributed by atoms with Crippen LogP contribution < -0.4 is 15.2 Å². The molecule has 0 saturated heterocycles. The fraction of sp³-hybridized carbons (Fsp3) is 0.409. The van der Waals surface area contributed by atoms with Crippen molar-refractivity contribution in [3.8, 4) is 5.75 Å². The summed E-state index contributed by atoms with van der Waals surface area (Å²) in [7, 11) is 0. The first-order valence-corrected chi connectivity index (χ1v) is 10.7. The minimum atomic E-state index is -1.11. The van der Waals surface area contributed by atoms with Gasteiger partial charge in [0.1, 0.15) is 17.9 Å². The van der Waals surface area contributed by atoms with Gasteiger partial charge in [0.25, 0.3) is 0 Å². The topological polar surface area (TPSA) is 61.4 Å². The lowest BCUT2D eigenvalue weighted by atomic mass is 9.78. The van der Waals surface area contributed by atoms with E-state index in [4.69, 9.17) is 4.74 Å². The lowest BCUT2D eigenvalue weighted by molar-refractivity contribution is -0.308. The minimum absolute atomic E-state index is 0.0773. The molecule has 0 amide bonds. The van der Waals surface area contributed by atoms with Crippen LogP contribution in [0.5, 0.6) is 5.75 Å². The van der Waals surface area contributed by atoms with Crippen molar-refractivity contribution in [1.82, 2.24) is 0 Å². The van der Waals surface area contributed by atoms with Crippen molar-refractivity contribution < 1.29 is 14.6 Å². The Hall–Kier alpha value is -1.76. The Balaban J connectivity index is 1.67. The van der Waals surface area contributed by atoms with E-state index in [1.54, 1.807) is 0 Å². The first-order valence-electron chi connectivity index (χ1n) is 9.61. The highest BCUT2D eigenvalue weighted by Gasteiger charge is 2.46. The van der Waals surface area contributed by atoms with Gasteiger partial charge in [-0.15, -0.1) is 0 Å². The van der Waals surface area contributed by atoms with Gasteiger partial charge in [0, 0.05) is 14.8 Å². The van der Waals surface area contributed by atoms with Crippen LogP contribution in [-0.4, -0.2) is 18.1 Å². The summed E-state index contributed by atoms with van der Waals surface area (Å²) in [4.78, 5) is 11.9. The number of hydrogen-bond donors (Lipinski definition) is 1. The molecule has 0 bridgehead atoms. The third kappa shape index (κ3) is 2.73. The molecule has 5 rings (SSSR count). The molecule has 5 heteroatoms. The minimum Gasteiger partial charge on any atom is -0.548 e. The predicted octanol–water partition coefficient (Wildman–Crippen LogP) is 3.69. The zero-order valence-electron chi connectivity index (χ0n) is 15.1. The average Bonchev–Trinajstić information content (AvgIpc) is 3.28. The monoisotopic (exact) mass is 474 g/mol. The van der Waals surface area contributed by atoms with Crippen LogP contribution in [0.2, 0.25) is 0 Å². The van der Waals surface area contributed by atoms with Crippen LogP contribution in [0.4, 0.5) is 5.69 Å². The molecule has 27 heavy (non-hydrogen) atoms. The Bertz CT molecular complexity index is 935. The molecule has 0 radical (unpaired) electrons. The predicted molar refractivity (Wildman–Crippen MR) is 110 cm³/mol. The van der Waals surface area contributed by atoms with Crippen LogP contribution in [0.1, 0.15) is 59.8 Å². The maximum atomic E-state index is 11.9. The first-order chi connectivity index (χ1) is 13.0. The summed E-state index contributed by atoms with van der Waals surface area (Å²) in [5.74, 6) is 0.183. The highest BCUT2D eigenvalue weighted by molar-refractivity contribution is 14.1. The molecule has 1 N–H and O–H groups in total. The molecule has 3 atom stereocenters. The summed E-state index contributed by atoms with van der Waals surface area (Å²) in [5.41, 5.74) is 5.72. The Kier molecular flexibility index (Phi) is 4.11. The van der Waals surface area contributed by atoms with Gasteiger partial charge in [0.15, 0.2) is 0 Å². The summed E-state index contributed by atoms with van der Waals surface area (Å²) in [5, 5.41) is 15.1. The summed E-state index contributed by atoms with van der Waals surface area (Å²) >= 11 is 2.29. The number of anilines is 1. The number of carbonyl (C=O) groups excluding carboxylic acids is 1. The number of carboxylic acids is 1. The molecule has 140 valence electrons. The van der Waals surface area contributed by atoms with E-state index in [0.717, 1.165) is 20.6 Å². The lowest BCUT2D eigenvalue weighted by Gasteiger charge is -2.38. The summed E-state index contributed by atoms with van der Waals surface area (Å²) in [6.45, 7) is 2.14. The second kappa shape index (κ2) is 6.40. The number of carbonyl (C=O) groups is 1. The van der Waals surface area contributed by atoms with E-state index in [-0.39, 0.29) is 5.92 Å². The Morgan fingerprint density at radius 2 is 2.00 bits per heavy atom. The number of rotatable bonds is 2. The van der Waals surface area contributed by atoms with Crippen molar-refractivity contribution in [2.75, 3.05) is 5.32 Å². The maximum Gasteiger partial charge on any atom is 0.135 e. The zero-order chi connectivity index (χ0) is 18.7. The van der Waals surface area contributed by atoms with Crippen molar-refractivity contribution in [3.63, 3.8) is 0 Å². The van der Waals surface area contributed by atoms with Crippen LogP contribution in [0.25, 0.3) is 0 Å². The number of hydrogen-bond acceptors (Lipinski definition) is 4. The largest absolute Gasteiger partial charge is 0.548 e. The molecule has 0 spiro atoms. The second-order valence-electron chi connectivity index (χ2n) is 7.96. The van der Waals surface area contributed by atoms with Crippen LogP contribution in [-0.2, 0) is 4.79 Å². The Morgan fingerprint density at radius 1 is 1.22 bits per heavy atom. The molecular weight excluding hydrogens is 453 g/mol. The summed E-state index contributed by atoms with van der Waals surface area (Å²) in [6.07, 6.45) is 4.52. The molecular formula is C22H21INO3-. The number of fused-ring (bicyclic) bond motifs is 5. The van der Waals surface area contributed by atoms with Gasteiger partial charge in [-0.3, -0.25) is 0 Å². The zero-order valence-corrected chi connectivity index (χ0v) is 17.3. The normalized spacial score (nSPS) is 25.9. The molecule has 3 aliphatic rings. The maximum absolute atomic E-state index is 11.9. The van der Waals surface area contributed by atoms with E-state index in [2.05, 4.69) is 53.0 Å². The number of halogens is 1. The van der Waals surface area contributed by atoms with E-state index in [1.165, 1.54) is 42.4 Å². The van der Waals surface area contributed by atoms with Gasteiger partial charge >= 0.3 is 0 Å². The van der Waals surface area contributed by atoms with E-state index in [1.807, 2.05) is 12.1 Å². The van der Waals surface area contributed by atoms with Crippen molar-refractivity contribution in [2.24, 2.45) is 0 Å². The fourth-order valence-electron chi connectivity index (χ4n) is 5.14. The van der Waals surface area contributed by atoms with Gasteiger partial charge in [-0.1, -0.05) is 18.9 Å². The quantitative estimate of drug-likeness (QED) is 0.675. The summed E-state index contributed by atoms with van der Waals surface area (Å²) < 4.78 is 7.22. The van der Waals surface area contributed by atoms with E-state index < -0.39 is 18.1 Å². The summed E-state index contributed by atoms with van der Waals surface area (Å²) in [6, 6.07) is 9.69. The molecule has 2 aliphatic heterocycles. The highest BCUT2D eigenvalue weighted by atomic mass is 127. The molecule has 3 unspecified atom stereocenters. The fourth-order valence-corrected chi connectivity index (χ4v) is 5.65. The Morgan fingerprint density at radius 3 is 2.74 bits per heavy atom. The average molecular weight is 474 g/mol. The lowest BCUT2D eigenvalue weighted by Crippen LogP contribution is -2.53. The van der Waals surface area contributed by atoms with Gasteiger partial charge in [-0.25, -0.2) is 0 Å². The van der Waals surface area contributed by atoms with Crippen molar-refractivity contribution in [3.05, 3.63) is 56.2 Å². The molecule has 2 aromatic carbocycles. The third-order valence-corrected chi connectivity index (χ3v) is 7.01. The van der Waals surface area contributed by atoms with Crippen LogP contribution in [0, 0.1) is 10.5 Å². The smallest absolute Gasteiger partial charge is 0.135 e. The molecule has 1 fully saturated rings. The molecule has 2 aromatic rings. The highest BCUT2D eigenvalue weighted by Crippen LogP contribution is 2.51. The number of aryl methyl sites for hydroxylation is 1. The number of aliphatic carboxylic acids is 1. The molecule has 2 heterocycles. The van der Waals surface area contributed by atoms with E-state index in [9.17, 15) is 9.90 Å². The van der Waals surface area contributed by atoms with Gasteiger partial charge in [-0.2, -0.15) is 0 Å². The van der Waals surface area contributed by atoms with Crippen molar-refractivity contribution >= 4 is 34.2 Å². The van der Waals surface area contributed by atoms with Gasteiger partial charge in [0.05, 0.1) is 11.9 Å². The third-order valence-electron chi connectivity index (χ3n) is 6.34. The molecule has 4 nitrogen and oxygen atoms in total. The molecule has 1 saturated carbocycles. The van der Waals surface area contributed by atoms with Gasteiger partial charge in [0.2, 0.25) is 0 Å². The van der Waals surface area contributed by atoms with Crippen molar-refractivity contribution in [1.29, 1.82) is 0 Å². The van der Waals surface area contributed by atoms with Crippen LogP contribution in [0.15, 0.2) is 30.3 Å². The van der Waals surface area contributed by atoms with Gasteiger partial charge < -0.3 is 20.0 Å². The number of benzene rings is 2. The molecule has 0 aromatic heterocycles. The number of carboxylic acid groups (broad SMARTS) is 1. The number of nitrogens with one attached hydrogen (secondary N) is 1.